The van der Waals surface area contributed by atoms with E-state index in [2.05, 4.69) is 5.32 Å². The molecule has 1 aliphatic heterocycles. The van der Waals surface area contributed by atoms with Crippen LogP contribution in [0, 0.1) is 0 Å². The number of anilines is 2. The maximum atomic E-state index is 11.4. The predicted octanol–water partition coefficient (Wildman–Crippen LogP) is 1.47. The van der Waals surface area contributed by atoms with Gasteiger partial charge in [0.15, 0.2) is 11.9 Å². The number of benzene rings is 1. The van der Waals surface area contributed by atoms with Crippen molar-refractivity contribution in [3.8, 4) is 5.75 Å². The van der Waals surface area contributed by atoms with Crippen LogP contribution >= 0.6 is 0 Å². The van der Waals surface area contributed by atoms with Gasteiger partial charge in [-0.05, 0) is 19.1 Å². The number of hydrogen-bond acceptors (Lipinski definition) is 4. The molecular weight excluding hydrogens is 192 g/mol. The van der Waals surface area contributed by atoms with E-state index in [9.17, 15) is 4.79 Å². The third-order valence-electron chi connectivity index (χ3n) is 2.66. The van der Waals surface area contributed by atoms with Gasteiger partial charge in [-0.3, -0.25) is 4.79 Å². The molecule has 0 aromatic heterocycles. The summed E-state index contributed by atoms with van der Waals surface area (Å²) in [6.45, 7) is 1.58. The van der Waals surface area contributed by atoms with Crippen molar-refractivity contribution in [1.82, 2.24) is 0 Å². The molecule has 1 aromatic carbocycles. The maximum absolute atomic E-state index is 11.4. The molecule has 2 rings (SSSR count). The van der Waals surface area contributed by atoms with Crippen molar-refractivity contribution < 1.29 is 9.53 Å². The van der Waals surface area contributed by atoms with Crippen LogP contribution < -0.4 is 15.0 Å². The van der Waals surface area contributed by atoms with Crippen molar-refractivity contribution >= 4 is 17.2 Å². The van der Waals surface area contributed by atoms with Gasteiger partial charge >= 0.3 is 0 Å². The lowest BCUT2D eigenvalue weighted by molar-refractivity contribution is -0.117. The molecule has 1 aromatic rings. The molecule has 0 spiro atoms. The molecule has 1 N–H and O–H groups in total. The topological polar surface area (TPSA) is 41.6 Å². The second-order valence-corrected chi connectivity index (χ2v) is 3.62. The summed E-state index contributed by atoms with van der Waals surface area (Å²) in [6.07, 6.45) is -0.281. The first-order chi connectivity index (χ1) is 7.15. The Bertz CT molecular complexity index is 404. The quantitative estimate of drug-likeness (QED) is 0.795. The van der Waals surface area contributed by atoms with E-state index in [1.54, 1.807) is 14.0 Å². The fraction of sp³-hybridized carbons (Fsp3) is 0.364. The summed E-state index contributed by atoms with van der Waals surface area (Å²) in [7, 11) is 3.52. The van der Waals surface area contributed by atoms with Gasteiger partial charge in [0.25, 0.3) is 0 Å². The van der Waals surface area contributed by atoms with Gasteiger partial charge in [0.05, 0.1) is 12.8 Å². The van der Waals surface area contributed by atoms with Gasteiger partial charge in [0.2, 0.25) is 0 Å². The van der Waals surface area contributed by atoms with Crippen LogP contribution in [0.2, 0.25) is 0 Å². The molecular formula is C11H14N2O2. The number of fused-ring (bicyclic) bond motifs is 1. The number of carbonyl (C=O) groups is 1. The molecule has 0 fully saturated rings. The Kier molecular flexibility index (Phi) is 2.26. The molecule has 0 amide bonds. The van der Waals surface area contributed by atoms with Gasteiger partial charge in [0, 0.05) is 7.05 Å². The van der Waals surface area contributed by atoms with Gasteiger partial charge in [-0.1, -0.05) is 6.07 Å². The zero-order valence-corrected chi connectivity index (χ0v) is 9.07. The molecule has 0 saturated heterocycles. The first kappa shape index (κ1) is 9.83. The lowest BCUT2D eigenvalue weighted by atomic mass is 10.2. The molecule has 15 heavy (non-hydrogen) atoms. The number of carbonyl (C=O) groups excluding carboxylic acids is 1. The molecule has 0 bridgehead atoms. The Balaban J connectivity index is 2.44. The largest absolute Gasteiger partial charge is 0.495 e. The van der Waals surface area contributed by atoms with E-state index < -0.39 is 0 Å². The molecule has 0 aliphatic carbocycles. The van der Waals surface area contributed by atoms with Crippen molar-refractivity contribution in [3.63, 3.8) is 0 Å². The van der Waals surface area contributed by atoms with E-state index >= 15 is 0 Å². The van der Waals surface area contributed by atoms with E-state index in [0.29, 0.717) is 0 Å². The maximum Gasteiger partial charge on any atom is 0.172 e. The van der Waals surface area contributed by atoms with E-state index in [0.717, 1.165) is 17.1 Å². The molecule has 4 nitrogen and oxygen atoms in total. The Morgan fingerprint density at radius 1 is 1.53 bits per heavy atom. The normalized spacial score (nSPS) is 18.3. The molecule has 1 heterocycles. The van der Waals surface area contributed by atoms with Crippen LogP contribution in [0.4, 0.5) is 11.4 Å². The number of hydrogen-bond donors (Lipinski definition) is 1. The molecule has 1 aliphatic rings. The molecule has 1 unspecified atom stereocenters. The predicted molar refractivity (Wildman–Crippen MR) is 59.5 cm³/mol. The van der Waals surface area contributed by atoms with Crippen LogP contribution in [-0.2, 0) is 4.79 Å². The van der Waals surface area contributed by atoms with Gasteiger partial charge in [0.1, 0.15) is 11.4 Å². The number of para-hydroxylation sites is 1. The molecule has 1 atom stereocenters. The Morgan fingerprint density at radius 3 is 2.87 bits per heavy atom. The fourth-order valence-electron chi connectivity index (χ4n) is 1.88. The third kappa shape index (κ3) is 1.42. The number of Topliss-reactive ketones (excluding diaryl/α,β-unsaturated/α-hetero) is 1. The summed E-state index contributed by atoms with van der Waals surface area (Å²) >= 11 is 0. The summed E-state index contributed by atoms with van der Waals surface area (Å²) in [5.41, 5.74) is 1.89. The first-order valence-electron chi connectivity index (χ1n) is 4.82. The Morgan fingerprint density at radius 2 is 2.27 bits per heavy atom. The minimum absolute atomic E-state index is 0.0933. The molecule has 80 valence electrons. The smallest absolute Gasteiger partial charge is 0.172 e. The zero-order valence-electron chi connectivity index (χ0n) is 9.07. The number of ketones is 1. The van der Waals surface area contributed by atoms with Crippen molar-refractivity contribution in [2.75, 3.05) is 24.4 Å². The Labute approximate surface area is 88.8 Å². The summed E-state index contributed by atoms with van der Waals surface area (Å²) in [6, 6.07) is 5.76. The Hall–Kier alpha value is -1.71. The van der Waals surface area contributed by atoms with Crippen LogP contribution in [-0.4, -0.2) is 26.1 Å². The van der Waals surface area contributed by atoms with Crippen molar-refractivity contribution in [2.45, 2.75) is 13.1 Å². The highest BCUT2D eigenvalue weighted by molar-refractivity contribution is 5.95. The van der Waals surface area contributed by atoms with Gasteiger partial charge in [-0.15, -0.1) is 0 Å². The second-order valence-electron chi connectivity index (χ2n) is 3.62. The third-order valence-corrected chi connectivity index (χ3v) is 2.66. The zero-order chi connectivity index (χ0) is 11.0. The monoisotopic (exact) mass is 206 g/mol. The number of nitrogens with one attached hydrogen (secondary N) is 1. The summed E-state index contributed by atoms with van der Waals surface area (Å²) in [4.78, 5) is 13.3. The second kappa shape index (κ2) is 3.46. The SMILES string of the molecule is COc1cccc2c1NC(C(C)=O)N2C. The lowest BCUT2D eigenvalue weighted by Crippen LogP contribution is -2.38. The number of ether oxygens (including phenoxy) is 1. The standard InChI is InChI=1S/C11H14N2O2/c1-7(14)11-12-10-8(13(11)2)5-4-6-9(10)15-3/h4-6,11-12H,1-3H3. The number of nitrogens with zero attached hydrogens (tertiary/aromatic N) is 1. The average Bonchev–Trinajstić information content (AvgIpc) is 2.56. The number of likely N-dealkylation sites (N-methyl/N-ethyl adjacent to an activating group) is 1. The molecule has 0 radical (unpaired) electrons. The summed E-state index contributed by atoms with van der Waals surface area (Å²) in [5, 5.41) is 3.15. The molecule has 4 heteroatoms. The van der Waals surface area contributed by atoms with E-state index in [1.165, 1.54) is 0 Å². The minimum Gasteiger partial charge on any atom is -0.495 e. The highest BCUT2D eigenvalue weighted by Gasteiger charge is 2.30. The van der Waals surface area contributed by atoms with Crippen molar-refractivity contribution in [2.24, 2.45) is 0 Å². The average molecular weight is 206 g/mol. The number of methoxy groups -OCH3 is 1. The van der Waals surface area contributed by atoms with Crippen LogP contribution in [0.1, 0.15) is 6.92 Å². The van der Waals surface area contributed by atoms with Gasteiger partial charge in [-0.2, -0.15) is 0 Å². The molecule has 0 saturated carbocycles. The fourth-order valence-corrected chi connectivity index (χ4v) is 1.88. The summed E-state index contributed by atoms with van der Waals surface area (Å²) in [5.74, 6) is 0.860. The highest BCUT2D eigenvalue weighted by atomic mass is 16.5. The van der Waals surface area contributed by atoms with Crippen LogP contribution in [0.3, 0.4) is 0 Å². The minimum atomic E-state index is -0.281. The highest BCUT2D eigenvalue weighted by Crippen LogP contribution is 2.40. The summed E-state index contributed by atoms with van der Waals surface area (Å²) < 4.78 is 5.23. The van der Waals surface area contributed by atoms with Crippen molar-refractivity contribution in [1.29, 1.82) is 0 Å². The van der Waals surface area contributed by atoms with Crippen molar-refractivity contribution in [3.05, 3.63) is 18.2 Å². The van der Waals surface area contributed by atoms with Crippen LogP contribution in [0.15, 0.2) is 18.2 Å². The van der Waals surface area contributed by atoms with Gasteiger partial charge in [-0.25, -0.2) is 0 Å². The van der Waals surface area contributed by atoms with E-state index in [4.69, 9.17) is 4.74 Å². The van der Waals surface area contributed by atoms with E-state index in [-0.39, 0.29) is 11.9 Å². The lowest BCUT2D eigenvalue weighted by Gasteiger charge is -2.18. The van der Waals surface area contributed by atoms with E-state index in [1.807, 2.05) is 30.1 Å². The van der Waals surface area contributed by atoms with Gasteiger partial charge < -0.3 is 15.0 Å². The van der Waals surface area contributed by atoms with Crippen LogP contribution in [0.5, 0.6) is 5.75 Å². The van der Waals surface area contributed by atoms with Crippen LogP contribution in [0.25, 0.3) is 0 Å². The number of rotatable bonds is 2. The first-order valence-corrected chi connectivity index (χ1v) is 4.82.